The Hall–Kier alpha value is -3.12. The van der Waals surface area contributed by atoms with Crippen LogP contribution in [0.5, 0.6) is 0 Å². The molecule has 0 fully saturated rings. The molecule has 3 N–H and O–H groups in total. The van der Waals surface area contributed by atoms with Gasteiger partial charge in [-0.05, 0) is 42.3 Å². The van der Waals surface area contributed by atoms with Gasteiger partial charge in [0.15, 0.2) is 0 Å². The largest absolute Gasteiger partial charge is 0.356 e. The number of anilines is 1. The Morgan fingerprint density at radius 3 is 2.64 bits per heavy atom. The molecule has 1 aromatic heterocycles. The van der Waals surface area contributed by atoms with E-state index in [-0.39, 0.29) is 24.3 Å². The van der Waals surface area contributed by atoms with Gasteiger partial charge in [0.05, 0.1) is 17.5 Å². The molecule has 1 heterocycles. The first-order valence-corrected chi connectivity index (χ1v) is 9.08. The van der Waals surface area contributed by atoms with E-state index in [1.165, 1.54) is 12.3 Å². The molecular formula is C21H19ClFN3O2. The number of rotatable bonds is 6. The predicted octanol–water partition coefficient (Wildman–Crippen LogP) is 4.48. The number of aromatic nitrogens is 1. The van der Waals surface area contributed by atoms with Gasteiger partial charge < -0.3 is 15.6 Å². The number of hydrogen-bond donors (Lipinski definition) is 3. The van der Waals surface area contributed by atoms with Crippen molar-refractivity contribution in [1.29, 1.82) is 0 Å². The second kappa shape index (κ2) is 8.71. The molecule has 0 saturated carbocycles. The number of hydrogen-bond acceptors (Lipinski definition) is 2. The summed E-state index contributed by atoms with van der Waals surface area (Å²) in [6, 6.07) is 14.6. The van der Waals surface area contributed by atoms with Crippen molar-refractivity contribution >= 4 is 29.1 Å². The molecular weight excluding hydrogens is 381 g/mol. The fourth-order valence-corrected chi connectivity index (χ4v) is 2.93. The van der Waals surface area contributed by atoms with Crippen LogP contribution in [-0.2, 0) is 11.2 Å². The normalized spacial score (nSPS) is 11.7. The van der Waals surface area contributed by atoms with Crippen molar-refractivity contribution in [3.63, 3.8) is 0 Å². The van der Waals surface area contributed by atoms with E-state index in [9.17, 15) is 14.0 Å². The first-order valence-electron chi connectivity index (χ1n) is 8.70. The maximum absolute atomic E-state index is 13.7. The van der Waals surface area contributed by atoms with Crippen LogP contribution in [0.4, 0.5) is 10.1 Å². The number of H-pyrrole nitrogens is 1. The van der Waals surface area contributed by atoms with Crippen LogP contribution >= 0.6 is 11.6 Å². The number of amides is 2. The minimum atomic E-state index is -0.410. The molecule has 0 aliphatic heterocycles. The first kappa shape index (κ1) is 19.6. The Labute approximate surface area is 166 Å². The van der Waals surface area contributed by atoms with Crippen LogP contribution in [0.2, 0.25) is 5.02 Å². The topological polar surface area (TPSA) is 74.0 Å². The molecule has 1 atom stereocenters. The highest BCUT2D eigenvalue weighted by Gasteiger charge is 2.14. The van der Waals surface area contributed by atoms with Gasteiger partial charge in [0.1, 0.15) is 11.5 Å². The summed E-state index contributed by atoms with van der Waals surface area (Å²) in [6.45, 7) is 1.84. The minimum absolute atomic E-state index is 0.0588. The van der Waals surface area contributed by atoms with Crippen LogP contribution in [-0.4, -0.2) is 16.8 Å². The van der Waals surface area contributed by atoms with Crippen molar-refractivity contribution in [2.24, 2.45) is 0 Å². The number of carbonyl (C=O) groups excluding carboxylic acids is 2. The maximum atomic E-state index is 13.7. The Morgan fingerprint density at radius 2 is 1.93 bits per heavy atom. The fourth-order valence-electron chi connectivity index (χ4n) is 2.76. The van der Waals surface area contributed by atoms with Gasteiger partial charge in [-0.2, -0.15) is 0 Å². The predicted molar refractivity (Wildman–Crippen MR) is 107 cm³/mol. The Kier molecular flexibility index (Phi) is 6.11. The van der Waals surface area contributed by atoms with Gasteiger partial charge in [-0.25, -0.2) is 4.39 Å². The molecule has 144 valence electrons. The molecule has 3 rings (SSSR count). The summed E-state index contributed by atoms with van der Waals surface area (Å²) < 4.78 is 13.7. The van der Waals surface area contributed by atoms with E-state index in [0.717, 1.165) is 5.56 Å². The van der Waals surface area contributed by atoms with E-state index in [4.69, 9.17) is 11.6 Å². The number of benzene rings is 2. The molecule has 0 aliphatic carbocycles. The van der Waals surface area contributed by atoms with Crippen LogP contribution in [0.3, 0.4) is 0 Å². The van der Waals surface area contributed by atoms with Crippen LogP contribution in [0.25, 0.3) is 0 Å². The van der Waals surface area contributed by atoms with Gasteiger partial charge in [-0.15, -0.1) is 0 Å². The van der Waals surface area contributed by atoms with Crippen LogP contribution < -0.4 is 10.6 Å². The van der Waals surface area contributed by atoms with Crippen LogP contribution in [0, 0.1) is 5.82 Å². The van der Waals surface area contributed by atoms with E-state index in [0.29, 0.717) is 22.0 Å². The summed E-state index contributed by atoms with van der Waals surface area (Å²) in [5.74, 6) is -1.01. The van der Waals surface area contributed by atoms with Crippen molar-refractivity contribution in [2.45, 2.75) is 19.4 Å². The monoisotopic (exact) mass is 399 g/mol. The van der Waals surface area contributed by atoms with E-state index >= 15 is 0 Å². The second-order valence-corrected chi connectivity index (χ2v) is 6.80. The van der Waals surface area contributed by atoms with Gasteiger partial charge in [-0.1, -0.05) is 41.9 Å². The molecule has 28 heavy (non-hydrogen) atoms. The van der Waals surface area contributed by atoms with Crippen LogP contribution in [0.15, 0.2) is 60.8 Å². The average molecular weight is 400 g/mol. The average Bonchev–Trinajstić information content (AvgIpc) is 3.10. The molecule has 0 radical (unpaired) electrons. The van der Waals surface area contributed by atoms with Gasteiger partial charge in [-0.3, -0.25) is 9.59 Å². The van der Waals surface area contributed by atoms with Crippen molar-refractivity contribution in [1.82, 2.24) is 10.3 Å². The summed E-state index contributed by atoms with van der Waals surface area (Å²) in [5.41, 5.74) is 2.09. The third kappa shape index (κ3) is 4.98. The second-order valence-electron chi connectivity index (χ2n) is 6.37. The van der Waals surface area contributed by atoms with Crippen molar-refractivity contribution < 1.29 is 14.0 Å². The zero-order valence-electron chi connectivity index (χ0n) is 15.1. The van der Waals surface area contributed by atoms with Gasteiger partial charge in [0.2, 0.25) is 5.91 Å². The molecule has 0 spiro atoms. The van der Waals surface area contributed by atoms with E-state index in [2.05, 4.69) is 15.6 Å². The number of halogens is 2. The highest BCUT2D eigenvalue weighted by Crippen LogP contribution is 2.19. The maximum Gasteiger partial charge on any atom is 0.268 e. The summed E-state index contributed by atoms with van der Waals surface area (Å²) in [4.78, 5) is 27.2. The molecule has 1 unspecified atom stereocenters. The first-order chi connectivity index (χ1) is 13.4. The lowest BCUT2D eigenvalue weighted by Crippen LogP contribution is -2.27. The fraction of sp³-hybridized carbons (Fsp3) is 0.143. The lowest BCUT2D eigenvalue weighted by molar-refractivity contribution is -0.115. The molecule has 2 aromatic carbocycles. The van der Waals surface area contributed by atoms with Gasteiger partial charge in [0.25, 0.3) is 5.91 Å². The summed E-state index contributed by atoms with van der Waals surface area (Å²) in [6.07, 6.45) is 1.48. The molecule has 0 saturated heterocycles. The minimum Gasteiger partial charge on any atom is -0.356 e. The number of aromatic amines is 1. The number of carbonyl (C=O) groups is 2. The Bertz CT molecular complexity index is 1000. The number of nitrogens with one attached hydrogen (secondary N) is 3. The summed E-state index contributed by atoms with van der Waals surface area (Å²) in [5, 5.41) is 6.08. The molecule has 7 heteroatoms. The highest BCUT2D eigenvalue weighted by molar-refractivity contribution is 6.30. The third-order valence-electron chi connectivity index (χ3n) is 4.22. The molecule has 0 bridgehead atoms. The van der Waals surface area contributed by atoms with Crippen molar-refractivity contribution in [2.75, 3.05) is 5.32 Å². The quantitative estimate of drug-likeness (QED) is 0.571. The molecule has 5 nitrogen and oxygen atoms in total. The standard InChI is InChI=1S/C21H19ClFN3O2/c1-13(25-21(28)19-11-16(22)12-24-19)14-6-4-7-17(9-14)26-20(27)10-15-5-2-3-8-18(15)23/h2-9,11-13,24H,10H2,1H3,(H,25,28)(H,26,27). The molecule has 2 amide bonds. The highest BCUT2D eigenvalue weighted by atomic mass is 35.5. The zero-order chi connectivity index (χ0) is 20.1. The zero-order valence-corrected chi connectivity index (χ0v) is 15.9. The van der Waals surface area contributed by atoms with Crippen molar-refractivity contribution in [3.05, 3.63) is 88.5 Å². The van der Waals surface area contributed by atoms with Gasteiger partial charge >= 0.3 is 0 Å². The van der Waals surface area contributed by atoms with Gasteiger partial charge in [0, 0.05) is 11.9 Å². The third-order valence-corrected chi connectivity index (χ3v) is 4.44. The Balaban J connectivity index is 1.63. The van der Waals surface area contributed by atoms with Crippen molar-refractivity contribution in [3.8, 4) is 0 Å². The summed E-state index contributed by atoms with van der Waals surface area (Å²) in [7, 11) is 0. The lowest BCUT2D eigenvalue weighted by atomic mass is 10.1. The lowest BCUT2D eigenvalue weighted by Gasteiger charge is -2.15. The van der Waals surface area contributed by atoms with E-state index in [1.54, 1.807) is 42.5 Å². The smallest absolute Gasteiger partial charge is 0.268 e. The Morgan fingerprint density at radius 1 is 1.14 bits per heavy atom. The van der Waals surface area contributed by atoms with E-state index < -0.39 is 5.82 Å². The molecule has 3 aromatic rings. The summed E-state index contributed by atoms with van der Waals surface area (Å²) >= 11 is 5.82. The van der Waals surface area contributed by atoms with E-state index in [1.807, 2.05) is 13.0 Å². The SMILES string of the molecule is CC(NC(=O)c1cc(Cl)c[nH]1)c1cccc(NC(=O)Cc2ccccc2F)c1. The van der Waals surface area contributed by atoms with Crippen LogP contribution in [0.1, 0.15) is 34.6 Å². The molecule has 0 aliphatic rings.